The molecule has 0 fully saturated rings. The summed E-state index contributed by atoms with van der Waals surface area (Å²) >= 11 is 5.84. The third-order valence-electron chi connectivity index (χ3n) is 5.12. The van der Waals surface area contributed by atoms with Gasteiger partial charge in [-0.05, 0) is 90.3 Å². The van der Waals surface area contributed by atoms with Gasteiger partial charge in [0, 0.05) is 5.02 Å². The Hall–Kier alpha value is -3.00. The van der Waals surface area contributed by atoms with Gasteiger partial charge in [0.25, 0.3) is 0 Å². The summed E-state index contributed by atoms with van der Waals surface area (Å²) in [4.78, 5) is 0.475. The molecule has 0 unspecified atom stereocenters. The van der Waals surface area contributed by atoms with E-state index in [0.717, 1.165) is 23.3 Å². The van der Waals surface area contributed by atoms with E-state index in [4.69, 9.17) is 11.6 Å². The molecule has 0 saturated heterocycles. The Morgan fingerprint density at radius 2 is 0.818 bits per heavy atom. The van der Waals surface area contributed by atoms with E-state index in [9.17, 15) is 21.2 Å². The van der Waals surface area contributed by atoms with E-state index in [2.05, 4.69) is 0 Å². The van der Waals surface area contributed by atoms with Gasteiger partial charge in [0.2, 0.25) is 19.7 Å². The molecule has 33 heavy (non-hydrogen) atoms. The summed E-state index contributed by atoms with van der Waals surface area (Å²) in [5.74, 6) is -0.503. The van der Waals surface area contributed by atoms with Crippen LogP contribution in [0.15, 0.2) is 117 Å². The van der Waals surface area contributed by atoms with Crippen LogP contribution in [-0.2, 0) is 26.1 Å². The van der Waals surface area contributed by atoms with Crippen molar-refractivity contribution in [1.29, 1.82) is 0 Å². The lowest BCUT2D eigenvalue weighted by molar-refractivity contribution is 0.593. The average Bonchev–Trinajstić information content (AvgIpc) is 2.80. The van der Waals surface area contributed by atoms with Crippen molar-refractivity contribution in [3.8, 4) is 0 Å². The van der Waals surface area contributed by atoms with E-state index in [1.807, 2.05) is 0 Å². The normalized spacial score (nSPS) is 11.9. The summed E-state index contributed by atoms with van der Waals surface area (Å²) in [7, 11) is -7.38. The molecule has 0 saturated carbocycles. The predicted molar refractivity (Wildman–Crippen MR) is 124 cm³/mol. The zero-order chi connectivity index (χ0) is 23.6. The third kappa shape index (κ3) is 5.00. The standard InChI is InChI=1S/C25H18ClFO4S2/c26-20-5-13-24(14-6-20)32(28,29)22-9-1-18(2-10-22)17-19-3-11-23(12-4-19)33(30,31)25-15-7-21(27)8-16-25/h1-16H,17H2. The van der Waals surface area contributed by atoms with Crippen molar-refractivity contribution in [2.75, 3.05) is 0 Å². The monoisotopic (exact) mass is 500 g/mol. The molecule has 0 aliphatic heterocycles. The van der Waals surface area contributed by atoms with Crippen LogP contribution >= 0.6 is 11.6 Å². The highest BCUT2D eigenvalue weighted by Crippen LogP contribution is 2.25. The fraction of sp³-hybridized carbons (Fsp3) is 0.0400. The summed E-state index contributed by atoms with van der Waals surface area (Å²) in [5, 5.41) is 0.459. The molecule has 0 spiro atoms. The van der Waals surface area contributed by atoms with E-state index in [1.54, 1.807) is 36.4 Å². The number of halogens is 2. The van der Waals surface area contributed by atoms with Crippen LogP contribution in [0.25, 0.3) is 0 Å². The lowest BCUT2D eigenvalue weighted by Crippen LogP contribution is -2.03. The van der Waals surface area contributed by atoms with Crippen LogP contribution in [0.3, 0.4) is 0 Å². The Morgan fingerprint density at radius 1 is 0.515 bits per heavy atom. The van der Waals surface area contributed by atoms with Gasteiger partial charge in [0.1, 0.15) is 5.82 Å². The molecule has 8 heteroatoms. The van der Waals surface area contributed by atoms with Gasteiger partial charge in [0.15, 0.2) is 0 Å². The Balaban J connectivity index is 1.51. The van der Waals surface area contributed by atoms with Crippen molar-refractivity contribution in [3.05, 3.63) is 119 Å². The van der Waals surface area contributed by atoms with Gasteiger partial charge in [-0.2, -0.15) is 0 Å². The minimum absolute atomic E-state index is 0.0223. The molecule has 0 aliphatic carbocycles. The molecule has 0 N–H and O–H groups in total. The maximum Gasteiger partial charge on any atom is 0.206 e. The second kappa shape index (κ2) is 9.09. The van der Waals surface area contributed by atoms with Gasteiger partial charge in [0.05, 0.1) is 19.6 Å². The lowest BCUT2D eigenvalue weighted by atomic mass is 10.1. The highest BCUT2D eigenvalue weighted by molar-refractivity contribution is 7.91. The molecule has 4 nitrogen and oxygen atoms in total. The number of rotatable bonds is 6. The molecular formula is C25H18ClFO4S2. The van der Waals surface area contributed by atoms with Crippen LogP contribution in [0.1, 0.15) is 11.1 Å². The first-order valence-corrected chi connectivity index (χ1v) is 13.2. The SMILES string of the molecule is O=S(=O)(c1ccc(F)cc1)c1ccc(Cc2ccc(S(=O)(=O)c3ccc(Cl)cc3)cc2)cc1. The van der Waals surface area contributed by atoms with E-state index in [-0.39, 0.29) is 19.6 Å². The van der Waals surface area contributed by atoms with E-state index >= 15 is 0 Å². The van der Waals surface area contributed by atoms with Crippen LogP contribution in [0.5, 0.6) is 0 Å². The highest BCUT2D eigenvalue weighted by Gasteiger charge is 2.19. The van der Waals surface area contributed by atoms with Gasteiger partial charge in [-0.3, -0.25) is 0 Å². The van der Waals surface area contributed by atoms with Crippen LogP contribution in [0.4, 0.5) is 4.39 Å². The molecule has 0 atom stereocenters. The molecule has 4 aromatic carbocycles. The second-order valence-corrected chi connectivity index (χ2v) is 11.7. The topological polar surface area (TPSA) is 68.3 Å². The van der Waals surface area contributed by atoms with Gasteiger partial charge in [-0.15, -0.1) is 0 Å². The molecule has 0 heterocycles. The first kappa shape index (κ1) is 23.2. The minimum atomic E-state index is -3.74. The zero-order valence-corrected chi connectivity index (χ0v) is 19.5. The number of hydrogen-bond acceptors (Lipinski definition) is 4. The van der Waals surface area contributed by atoms with Crippen molar-refractivity contribution in [2.24, 2.45) is 0 Å². The largest absolute Gasteiger partial charge is 0.219 e. The molecule has 0 amide bonds. The van der Waals surface area contributed by atoms with E-state index in [0.29, 0.717) is 11.4 Å². The van der Waals surface area contributed by atoms with Crippen molar-refractivity contribution < 1.29 is 21.2 Å². The van der Waals surface area contributed by atoms with E-state index < -0.39 is 25.5 Å². The first-order chi connectivity index (χ1) is 15.7. The van der Waals surface area contributed by atoms with Gasteiger partial charge < -0.3 is 0 Å². The Labute approximate surface area is 197 Å². The lowest BCUT2D eigenvalue weighted by Gasteiger charge is -2.08. The van der Waals surface area contributed by atoms with Crippen LogP contribution < -0.4 is 0 Å². The highest BCUT2D eigenvalue weighted by atomic mass is 35.5. The Morgan fingerprint density at radius 3 is 1.18 bits per heavy atom. The van der Waals surface area contributed by atoms with Crippen LogP contribution in [0.2, 0.25) is 5.02 Å². The van der Waals surface area contributed by atoms with Crippen LogP contribution in [-0.4, -0.2) is 16.8 Å². The van der Waals surface area contributed by atoms with Crippen molar-refractivity contribution in [2.45, 2.75) is 26.0 Å². The molecule has 0 radical (unpaired) electrons. The van der Waals surface area contributed by atoms with Crippen molar-refractivity contribution >= 4 is 31.3 Å². The zero-order valence-electron chi connectivity index (χ0n) is 17.2. The summed E-state index contributed by atoms with van der Waals surface area (Å²) in [6, 6.07) is 23.7. The number of sulfone groups is 2. The maximum atomic E-state index is 13.1. The second-order valence-electron chi connectivity index (χ2n) is 7.38. The third-order valence-corrected chi connectivity index (χ3v) is 8.95. The summed E-state index contributed by atoms with van der Waals surface area (Å²) in [5.41, 5.74) is 1.74. The van der Waals surface area contributed by atoms with Gasteiger partial charge in [-0.1, -0.05) is 35.9 Å². The molecular weight excluding hydrogens is 483 g/mol. The van der Waals surface area contributed by atoms with Crippen molar-refractivity contribution in [3.63, 3.8) is 0 Å². The fourth-order valence-corrected chi connectivity index (χ4v) is 5.96. The quantitative estimate of drug-likeness (QED) is 0.317. The summed E-state index contributed by atoms with van der Waals surface area (Å²) in [6.07, 6.45) is 0.498. The smallest absolute Gasteiger partial charge is 0.206 e. The number of benzene rings is 4. The van der Waals surface area contributed by atoms with Crippen molar-refractivity contribution in [1.82, 2.24) is 0 Å². The maximum absolute atomic E-state index is 13.1. The minimum Gasteiger partial charge on any atom is -0.219 e. The van der Waals surface area contributed by atoms with Gasteiger partial charge in [-0.25, -0.2) is 21.2 Å². The number of hydrogen-bond donors (Lipinski definition) is 0. The summed E-state index contributed by atoms with van der Waals surface area (Å²) < 4.78 is 64.0. The molecule has 4 rings (SSSR count). The molecule has 168 valence electrons. The summed E-state index contributed by atoms with van der Waals surface area (Å²) in [6.45, 7) is 0. The molecule has 0 bridgehead atoms. The van der Waals surface area contributed by atoms with Gasteiger partial charge >= 0.3 is 0 Å². The Bertz CT molecular complexity index is 1360. The van der Waals surface area contributed by atoms with E-state index in [1.165, 1.54) is 48.5 Å². The predicted octanol–water partition coefficient (Wildman–Crippen LogP) is 5.74. The molecule has 4 aromatic rings. The first-order valence-electron chi connectivity index (χ1n) is 9.85. The van der Waals surface area contributed by atoms with Crippen LogP contribution in [0, 0.1) is 5.82 Å². The molecule has 0 aliphatic rings. The average molecular weight is 501 g/mol. The Kier molecular flexibility index (Phi) is 6.38. The molecule has 0 aromatic heterocycles. The fourth-order valence-electron chi connectivity index (χ4n) is 3.31.